The maximum atomic E-state index is 13.2. The number of aromatic nitrogens is 4. The molecule has 0 radical (unpaired) electrons. The van der Waals surface area contributed by atoms with Crippen LogP contribution in [0.15, 0.2) is 53.6 Å². The van der Waals surface area contributed by atoms with E-state index in [0.717, 1.165) is 38.0 Å². The Labute approximate surface area is 162 Å². The average Bonchev–Trinajstić information content (AvgIpc) is 2.90. The van der Waals surface area contributed by atoms with Gasteiger partial charge in [-0.25, -0.2) is 9.48 Å². The molecule has 1 aliphatic heterocycles. The third-order valence-corrected chi connectivity index (χ3v) is 5.14. The van der Waals surface area contributed by atoms with E-state index >= 15 is 0 Å². The van der Waals surface area contributed by atoms with Crippen LogP contribution in [0, 0.1) is 0 Å². The Morgan fingerprint density at radius 3 is 2.89 bits per heavy atom. The molecule has 3 aromatic rings. The molecule has 3 aromatic heterocycles. The van der Waals surface area contributed by atoms with E-state index in [0.29, 0.717) is 12.2 Å². The van der Waals surface area contributed by atoms with E-state index in [-0.39, 0.29) is 24.2 Å². The highest BCUT2D eigenvalue weighted by Gasteiger charge is 2.26. The molecule has 1 saturated heterocycles. The van der Waals surface area contributed by atoms with E-state index in [1.165, 1.54) is 9.08 Å². The summed E-state index contributed by atoms with van der Waals surface area (Å²) in [6.45, 7) is 2.21. The number of nitrogens with zero attached hydrogens (tertiary/aromatic N) is 5. The molecule has 1 N–H and O–H groups in total. The van der Waals surface area contributed by atoms with Crippen molar-refractivity contribution in [1.82, 2.24) is 29.4 Å². The van der Waals surface area contributed by atoms with Gasteiger partial charge in [-0.15, -0.1) is 5.10 Å². The molecule has 8 heteroatoms. The molecular formula is C20H24N6O2. The van der Waals surface area contributed by atoms with Crippen LogP contribution in [0.4, 0.5) is 0 Å². The number of hydrogen-bond donors (Lipinski definition) is 1. The Bertz CT molecular complexity index is 989. The van der Waals surface area contributed by atoms with Crippen LogP contribution in [0.3, 0.4) is 0 Å². The molecule has 146 valence electrons. The van der Waals surface area contributed by atoms with Crippen molar-refractivity contribution in [3.05, 3.63) is 65.0 Å². The molecule has 4 rings (SSSR count). The van der Waals surface area contributed by atoms with E-state index in [9.17, 15) is 9.59 Å². The topological polar surface area (TPSA) is 84.5 Å². The summed E-state index contributed by atoms with van der Waals surface area (Å²) in [6.07, 6.45) is 6.24. The third kappa shape index (κ3) is 3.96. The first-order valence-corrected chi connectivity index (χ1v) is 9.67. The molecule has 0 bridgehead atoms. The molecule has 0 aliphatic carbocycles. The summed E-state index contributed by atoms with van der Waals surface area (Å²) in [5.74, 6) is -0.108. The van der Waals surface area contributed by atoms with Crippen LogP contribution >= 0.6 is 0 Å². The quantitative estimate of drug-likeness (QED) is 0.716. The van der Waals surface area contributed by atoms with Crippen molar-refractivity contribution in [3.63, 3.8) is 0 Å². The van der Waals surface area contributed by atoms with E-state index in [1.807, 2.05) is 29.2 Å². The highest BCUT2D eigenvalue weighted by Crippen LogP contribution is 2.17. The minimum absolute atomic E-state index is 0.0721. The molecule has 1 aliphatic rings. The zero-order chi connectivity index (χ0) is 19.3. The highest BCUT2D eigenvalue weighted by atomic mass is 16.2. The first-order valence-electron chi connectivity index (χ1n) is 9.67. The van der Waals surface area contributed by atoms with Gasteiger partial charge in [0.2, 0.25) is 5.91 Å². The van der Waals surface area contributed by atoms with Crippen LogP contribution in [0.5, 0.6) is 0 Å². The molecule has 28 heavy (non-hydrogen) atoms. The van der Waals surface area contributed by atoms with Crippen molar-refractivity contribution >= 4 is 11.6 Å². The van der Waals surface area contributed by atoms with Crippen LogP contribution in [-0.2, 0) is 17.9 Å². The molecule has 0 saturated carbocycles. The zero-order valence-electron chi connectivity index (χ0n) is 15.7. The van der Waals surface area contributed by atoms with Crippen molar-refractivity contribution in [3.8, 4) is 0 Å². The summed E-state index contributed by atoms with van der Waals surface area (Å²) < 4.78 is 2.70. The van der Waals surface area contributed by atoms with Gasteiger partial charge in [-0.05, 0) is 56.6 Å². The molecular weight excluding hydrogens is 356 g/mol. The Balaban J connectivity index is 1.59. The van der Waals surface area contributed by atoms with Crippen LogP contribution in [-0.4, -0.2) is 49.1 Å². The predicted molar refractivity (Wildman–Crippen MR) is 105 cm³/mol. The van der Waals surface area contributed by atoms with Gasteiger partial charge in [0.1, 0.15) is 6.54 Å². The van der Waals surface area contributed by atoms with Crippen molar-refractivity contribution in [2.24, 2.45) is 0 Å². The van der Waals surface area contributed by atoms with Crippen molar-refractivity contribution < 1.29 is 4.79 Å². The van der Waals surface area contributed by atoms with E-state index < -0.39 is 0 Å². The summed E-state index contributed by atoms with van der Waals surface area (Å²) in [4.78, 5) is 32.0. The van der Waals surface area contributed by atoms with Gasteiger partial charge < -0.3 is 10.2 Å². The van der Waals surface area contributed by atoms with Crippen LogP contribution in [0.2, 0.25) is 0 Å². The van der Waals surface area contributed by atoms with Gasteiger partial charge in [-0.3, -0.25) is 14.2 Å². The van der Waals surface area contributed by atoms with Crippen molar-refractivity contribution in [1.29, 1.82) is 0 Å². The fraction of sp³-hybridized carbons (Fsp3) is 0.400. The Morgan fingerprint density at radius 1 is 1.18 bits per heavy atom. The highest BCUT2D eigenvalue weighted by molar-refractivity contribution is 5.76. The first-order chi connectivity index (χ1) is 13.7. The van der Waals surface area contributed by atoms with Gasteiger partial charge in [0.05, 0.1) is 12.2 Å². The predicted octanol–water partition coefficient (Wildman–Crippen LogP) is 1.06. The lowest BCUT2D eigenvalue weighted by atomic mass is 10.1. The number of nitrogens with one attached hydrogen (secondary N) is 1. The van der Waals surface area contributed by atoms with Gasteiger partial charge in [0.25, 0.3) is 0 Å². The van der Waals surface area contributed by atoms with Gasteiger partial charge in [0.15, 0.2) is 5.65 Å². The van der Waals surface area contributed by atoms with Crippen LogP contribution in [0.25, 0.3) is 5.65 Å². The Kier molecular flexibility index (Phi) is 5.48. The molecule has 1 atom stereocenters. The van der Waals surface area contributed by atoms with Crippen molar-refractivity contribution in [2.75, 3.05) is 13.1 Å². The molecule has 4 heterocycles. The van der Waals surface area contributed by atoms with E-state index in [1.54, 1.807) is 24.5 Å². The van der Waals surface area contributed by atoms with E-state index in [2.05, 4.69) is 15.4 Å². The summed E-state index contributed by atoms with van der Waals surface area (Å²) >= 11 is 0. The maximum absolute atomic E-state index is 13.2. The number of fused-ring (bicyclic) bond motifs is 1. The Hall–Kier alpha value is -3.00. The standard InChI is InChI=1S/C20H24N6O2/c27-19(15-26-20(28)24-13-4-2-8-18(24)23-26)25(14-16-6-1-3-11-22-16)17-7-5-10-21-12-9-17/h1-4,6,8,11,13,17,21H,5,7,9-10,12,14-15H2. The minimum atomic E-state index is -0.302. The summed E-state index contributed by atoms with van der Waals surface area (Å²) in [6, 6.07) is 11.2. The molecule has 0 spiro atoms. The number of carbonyl (C=O) groups excluding carboxylic acids is 1. The number of amides is 1. The van der Waals surface area contributed by atoms with E-state index in [4.69, 9.17) is 0 Å². The fourth-order valence-electron chi connectivity index (χ4n) is 3.69. The zero-order valence-corrected chi connectivity index (χ0v) is 15.7. The first kappa shape index (κ1) is 18.4. The second kappa shape index (κ2) is 8.35. The minimum Gasteiger partial charge on any atom is -0.332 e. The number of hydrogen-bond acceptors (Lipinski definition) is 5. The maximum Gasteiger partial charge on any atom is 0.350 e. The van der Waals surface area contributed by atoms with Gasteiger partial charge in [-0.1, -0.05) is 12.1 Å². The molecule has 8 nitrogen and oxygen atoms in total. The lowest BCUT2D eigenvalue weighted by molar-refractivity contribution is -0.135. The number of carbonyl (C=O) groups is 1. The van der Waals surface area contributed by atoms with Crippen LogP contribution in [0.1, 0.15) is 25.0 Å². The second-order valence-corrected chi connectivity index (χ2v) is 7.05. The second-order valence-electron chi connectivity index (χ2n) is 7.05. The molecule has 1 unspecified atom stereocenters. The Morgan fingerprint density at radius 2 is 2.07 bits per heavy atom. The lowest BCUT2D eigenvalue weighted by Gasteiger charge is -2.31. The summed E-state index contributed by atoms with van der Waals surface area (Å²) in [5, 5.41) is 7.68. The SMILES string of the molecule is O=C(Cn1nc2ccccn2c1=O)N(Cc1ccccn1)C1CCCNCC1. The van der Waals surface area contributed by atoms with Gasteiger partial charge in [0, 0.05) is 18.4 Å². The molecule has 1 amide bonds. The normalized spacial score (nSPS) is 17.4. The lowest BCUT2D eigenvalue weighted by Crippen LogP contribution is -2.43. The summed E-state index contributed by atoms with van der Waals surface area (Å²) in [5.41, 5.74) is 1.08. The third-order valence-electron chi connectivity index (χ3n) is 5.14. The number of rotatable bonds is 5. The monoisotopic (exact) mass is 380 g/mol. The average molecular weight is 380 g/mol. The van der Waals surface area contributed by atoms with Gasteiger partial charge >= 0.3 is 5.69 Å². The van der Waals surface area contributed by atoms with Crippen molar-refractivity contribution in [2.45, 2.75) is 38.4 Å². The van der Waals surface area contributed by atoms with Crippen LogP contribution < -0.4 is 11.0 Å². The summed E-state index contributed by atoms with van der Waals surface area (Å²) in [7, 11) is 0. The smallest absolute Gasteiger partial charge is 0.332 e. The number of pyridine rings is 2. The molecule has 0 aromatic carbocycles. The molecule has 1 fully saturated rings. The van der Waals surface area contributed by atoms with Gasteiger partial charge in [-0.2, -0.15) is 0 Å². The fourth-order valence-corrected chi connectivity index (χ4v) is 3.69. The largest absolute Gasteiger partial charge is 0.350 e.